The Balaban J connectivity index is 2.15. The van der Waals surface area contributed by atoms with Gasteiger partial charge in [0.1, 0.15) is 5.75 Å². The summed E-state index contributed by atoms with van der Waals surface area (Å²) in [5.41, 5.74) is 3.40. The summed E-state index contributed by atoms with van der Waals surface area (Å²) in [5, 5.41) is 7.82. The smallest absolute Gasteiger partial charge is 0.119 e. The maximum Gasteiger partial charge on any atom is 0.119 e. The third kappa shape index (κ3) is 5.08. The molecule has 0 saturated heterocycles. The monoisotopic (exact) mass is 316 g/mol. The van der Waals surface area contributed by atoms with Crippen molar-refractivity contribution in [3.8, 4) is 17.0 Å². The van der Waals surface area contributed by atoms with Gasteiger partial charge in [-0.05, 0) is 52.2 Å². The van der Waals surface area contributed by atoms with E-state index in [9.17, 15) is 0 Å². The van der Waals surface area contributed by atoms with Crippen molar-refractivity contribution in [1.82, 2.24) is 20.0 Å². The van der Waals surface area contributed by atoms with Gasteiger partial charge < -0.3 is 15.0 Å². The zero-order chi connectivity index (χ0) is 16.8. The Morgan fingerprint density at radius 3 is 2.57 bits per heavy atom. The Labute approximate surface area is 139 Å². The van der Waals surface area contributed by atoms with Crippen LogP contribution in [0.5, 0.6) is 5.75 Å². The first-order chi connectivity index (χ1) is 11.0. The molecule has 0 amide bonds. The highest BCUT2D eigenvalue weighted by Gasteiger charge is 2.12. The minimum atomic E-state index is 0.187. The molecule has 1 aromatic carbocycles. The first-order valence-electron chi connectivity index (χ1n) is 8.12. The quantitative estimate of drug-likeness (QED) is 0.813. The van der Waals surface area contributed by atoms with Gasteiger partial charge in [0.15, 0.2) is 0 Å². The fourth-order valence-electron chi connectivity index (χ4n) is 2.53. The summed E-state index contributed by atoms with van der Waals surface area (Å²) in [5.74, 6) is 0.896. The van der Waals surface area contributed by atoms with E-state index in [-0.39, 0.29) is 6.10 Å². The number of rotatable bonds is 8. The van der Waals surface area contributed by atoms with Gasteiger partial charge in [-0.2, -0.15) is 5.10 Å². The Hall–Kier alpha value is -1.85. The van der Waals surface area contributed by atoms with Crippen LogP contribution in [0.2, 0.25) is 0 Å². The number of aryl methyl sites for hydroxylation is 1. The Kier molecular flexibility index (Phi) is 6.19. The molecule has 0 atom stereocenters. The van der Waals surface area contributed by atoms with Crippen LogP contribution in [0.25, 0.3) is 11.3 Å². The van der Waals surface area contributed by atoms with Crippen LogP contribution in [0.4, 0.5) is 0 Å². The number of likely N-dealkylation sites (N-methyl/N-ethyl adjacent to an activating group) is 2. The number of nitrogens with one attached hydrogen (secondary N) is 1. The zero-order valence-electron chi connectivity index (χ0n) is 14.8. The van der Waals surface area contributed by atoms with Gasteiger partial charge in [-0.25, -0.2) is 0 Å². The molecule has 5 nitrogen and oxygen atoms in total. The average Bonchev–Trinajstić information content (AvgIpc) is 2.86. The Morgan fingerprint density at radius 2 is 1.96 bits per heavy atom. The summed E-state index contributed by atoms with van der Waals surface area (Å²) in [4.78, 5) is 2.30. The van der Waals surface area contributed by atoms with Gasteiger partial charge in [0, 0.05) is 44.0 Å². The summed E-state index contributed by atoms with van der Waals surface area (Å²) in [6, 6.07) is 8.19. The first-order valence-corrected chi connectivity index (χ1v) is 8.12. The van der Waals surface area contributed by atoms with Crippen molar-refractivity contribution in [3.05, 3.63) is 36.0 Å². The molecule has 1 heterocycles. The number of hydrogen-bond acceptors (Lipinski definition) is 4. The second-order valence-electron chi connectivity index (χ2n) is 6.21. The molecule has 2 rings (SSSR count). The molecule has 1 N–H and O–H groups in total. The first kappa shape index (κ1) is 17.5. The van der Waals surface area contributed by atoms with Crippen LogP contribution in [-0.4, -0.2) is 48.0 Å². The van der Waals surface area contributed by atoms with E-state index in [4.69, 9.17) is 4.74 Å². The Morgan fingerprint density at radius 1 is 1.26 bits per heavy atom. The molecule has 0 aliphatic rings. The maximum absolute atomic E-state index is 5.71. The van der Waals surface area contributed by atoms with Crippen molar-refractivity contribution in [2.24, 2.45) is 7.05 Å². The normalized spacial score (nSPS) is 11.4. The van der Waals surface area contributed by atoms with Gasteiger partial charge in [-0.15, -0.1) is 0 Å². The van der Waals surface area contributed by atoms with Gasteiger partial charge in [0.2, 0.25) is 0 Å². The number of aromatic nitrogens is 2. The molecule has 0 radical (unpaired) electrons. The highest BCUT2D eigenvalue weighted by molar-refractivity contribution is 5.63. The van der Waals surface area contributed by atoms with E-state index in [2.05, 4.69) is 40.7 Å². The molecule has 5 heteroatoms. The lowest BCUT2D eigenvalue weighted by atomic mass is 10.1. The minimum absolute atomic E-state index is 0.187. The second-order valence-corrected chi connectivity index (χ2v) is 6.21. The number of benzene rings is 1. The summed E-state index contributed by atoms with van der Waals surface area (Å²) < 4.78 is 7.59. The largest absolute Gasteiger partial charge is 0.491 e. The van der Waals surface area contributed by atoms with Crippen LogP contribution in [-0.2, 0) is 13.6 Å². The van der Waals surface area contributed by atoms with E-state index < -0.39 is 0 Å². The third-order valence-corrected chi connectivity index (χ3v) is 3.59. The lowest BCUT2D eigenvalue weighted by Gasteiger charge is -2.16. The van der Waals surface area contributed by atoms with Crippen molar-refractivity contribution < 1.29 is 4.74 Å². The molecule has 2 aromatic rings. The number of ether oxygens (including phenoxy) is 1. The van der Waals surface area contributed by atoms with Gasteiger partial charge >= 0.3 is 0 Å². The number of nitrogens with zero attached hydrogens (tertiary/aromatic N) is 3. The molecule has 1 aromatic heterocycles. The van der Waals surface area contributed by atoms with Gasteiger partial charge in [-0.1, -0.05) is 0 Å². The second kappa shape index (κ2) is 8.13. The highest BCUT2D eigenvalue weighted by atomic mass is 16.5. The predicted molar refractivity (Wildman–Crippen MR) is 94.7 cm³/mol. The molecule has 23 heavy (non-hydrogen) atoms. The molecule has 0 spiro atoms. The van der Waals surface area contributed by atoms with E-state index >= 15 is 0 Å². The Bertz CT molecular complexity index is 604. The van der Waals surface area contributed by atoms with Crippen LogP contribution in [0.3, 0.4) is 0 Å². The van der Waals surface area contributed by atoms with Gasteiger partial charge in [-0.3, -0.25) is 4.68 Å². The zero-order valence-corrected chi connectivity index (χ0v) is 14.8. The third-order valence-electron chi connectivity index (χ3n) is 3.59. The summed E-state index contributed by atoms with van der Waals surface area (Å²) >= 11 is 0. The fraction of sp³-hybridized carbons (Fsp3) is 0.500. The SMILES string of the molecule is CNCCN(C)Cc1cn(C)nc1-c1ccc(OC(C)C)cc1. The highest BCUT2D eigenvalue weighted by Crippen LogP contribution is 2.25. The molecule has 0 aliphatic heterocycles. The van der Waals surface area contributed by atoms with E-state index in [1.807, 2.05) is 44.8 Å². The van der Waals surface area contributed by atoms with Crippen LogP contribution >= 0.6 is 0 Å². The van der Waals surface area contributed by atoms with Crippen molar-refractivity contribution in [2.45, 2.75) is 26.5 Å². The molecule has 0 aliphatic carbocycles. The molecule has 126 valence electrons. The average molecular weight is 316 g/mol. The van der Waals surface area contributed by atoms with Crippen LogP contribution in [0.1, 0.15) is 19.4 Å². The molecule has 0 saturated carbocycles. The summed E-state index contributed by atoms with van der Waals surface area (Å²) in [6.07, 6.45) is 2.29. The van der Waals surface area contributed by atoms with E-state index in [1.54, 1.807) is 0 Å². The lowest BCUT2D eigenvalue weighted by molar-refractivity contribution is 0.242. The molecule has 0 bridgehead atoms. The summed E-state index contributed by atoms with van der Waals surface area (Å²) in [6.45, 7) is 6.94. The summed E-state index contributed by atoms with van der Waals surface area (Å²) in [7, 11) is 6.08. The lowest BCUT2D eigenvalue weighted by Crippen LogP contribution is -2.27. The minimum Gasteiger partial charge on any atom is -0.491 e. The van der Waals surface area contributed by atoms with Crippen LogP contribution in [0.15, 0.2) is 30.5 Å². The standard InChI is InChI=1S/C18H28N4O/c1-14(2)23-17-8-6-15(7-9-17)18-16(13-22(5)20-18)12-21(4)11-10-19-3/h6-9,13-14,19H,10-12H2,1-5H3. The van der Waals surface area contributed by atoms with Crippen molar-refractivity contribution in [1.29, 1.82) is 0 Å². The molecular formula is C18H28N4O. The van der Waals surface area contributed by atoms with Crippen molar-refractivity contribution in [2.75, 3.05) is 27.2 Å². The van der Waals surface area contributed by atoms with Gasteiger partial charge in [0.25, 0.3) is 0 Å². The van der Waals surface area contributed by atoms with E-state index in [0.717, 1.165) is 36.6 Å². The fourth-order valence-corrected chi connectivity index (χ4v) is 2.53. The molecular weight excluding hydrogens is 288 g/mol. The topological polar surface area (TPSA) is 42.3 Å². The van der Waals surface area contributed by atoms with Crippen molar-refractivity contribution in [3.63, 3.8) is 0 Å². The molecule has 0 fully saturated rings. The predicted octanol–water partition coefficient (Wildman–Crippen LogP) is 2.53. The van der Waals surface area contributed by atoms with Crippen LogP contribution < -0.4 is 10.1 Å². The molecule has 0 unspecified atom stereocenters. The number of hydrogen-bond donors (Lipinski definition) is 1. The van der Waals surface area contributed by atoms with E-state index in [0.29, 0.717) is 0 Å². The van der Waals surface area contributed by atoms with Gasteiger partial charge in [0.05, 0.1) is 11.8 Å². The van der Waals surface area contributed by atoms with Crippen molar-refractivity contribution >= 4 is 0 Å². The van der Waals surface area contributed by atoms with Crippen LogP contribution in [0, 0.1) is 0 Å². The maximum atomic E-state index is 5.71. The van der Waals surface area contributed by atoms with E-state index in [1.165, 1.54) is 5.56 Å².